The third kappa shape index (κ3) is 5.54. The maximum Gasteiger partial charge on any atom is 0.357 e. The zero-order valence-electron chi connectivity index (χ0n) is 24.2. The highest BCUT2D eigenvalue weighted by molar-refractivity contribution is 6.00. The summed E-state index contributed by atoms with van der Waals surface area (Å²) >= 11 is 0. The second-order valence-electron chi connectivity index (χ2n) is 10.6. The number of methoxy groups -OCH3 is 1. The number of likely N-dealkylation sites (N-methyl/N-ethyl adjacent to an activating group) is 1. The first kappa shape index (κ1) is 27.6. The Morgan fingerprint density at radius 1 is 1.05 bits per heavy atom. The van der Waals surface area contributed by atoms with Crippen LogP contribution in [0.5, 0.6) is 0 Å². The van der Waals surface area contributed by atoms with E-state index in [9.17, 15) is 4.79 Å². The minimum atomic E-state index is -0.439. The first-order valence-corrected chi connectivity index (χ1v) is 14.2. The van der Waals surface area contributed by atoms with Gasteiger partial charge in [0.2, 0.25) is 0 Å². The van der Waals surface area contributed by atoms with Crippen LogP contribution in [0.15, 0.2) is 54.6 Å². The van der Waals surface area contributed by atoms with Crippen molar-refractivity contribution in [2.45, 2.75) is 39.5 Å². The molecule has 5 rings (SSSR count). The molecule has 40 heavy (non-hydrogen) atoms. The number of aromatic nitrogens is 3. The van der Waals surface area contributed by atoms with E-state index in [1.807, 2.05) is 10.7 Å². The van der Waals surface area contributed by atoms with E-state index in [-0.39, 0.29) is 18.2 Å². The second-order valence-corrected chi connectivity index (χ2v) is 10.6. The molecule has 0 bridgehead atoms. The number of anilines is 2. The van der Waals surface area contributed by atoms with E-state index in [0.717, 1.165) is 53.2 Å². The maximum atomic E-state index is 13.0. The average molecular weight is 542 g/mol. The number of carbonyl (C=O) groups excluding carboxylic acids is 1. The van der Waals surface area contributed by atoms with Crippen LogP contribution in [-0.2, 0) is 9.47 Å². The monoisotopic (exact) mass is 541 g/mol. The molecular formula is C32H39N5O3. The lowest BCUT2D eigenvalue weighted by Gasteiger charge is -2.19. The minimum Gasteiger partial charge on any atom is -0.461 e. The van der Waals surface area contributed by atoms with Gasteiger partial charge in [-0.2, -0.15) is 5.10 Å². The number of hydrogen-bond acceptors (Lipinski definition) is 7. The summed E-state index contributed by atoms with van der Waals surface area (Å²) in [4.78, 5) is 22.4. The molecule has 0 atom stereocenters. The Bertz CT molecular complexity index is 1470. The number of rotatable bonds is 10. The lowest BCUT2D eigenvalue weighted by Crippen LogP contribution is -2.21. The first-order valence-electron chi connectivity index (χ1n) is 14.2. The Balaban J connectivity index is 1.68. The van der Waals surface area contributed by atoms with Crippen LogP contribution in [0.3, 0.4) is 0 Å². The Morgan fingerprint density at radius 3 is 2.45 bits per heavy atom. The quantitative estimate of drug-likeness (QED) is 0.226. The van der Waals surface area contributed by atoms with E-state index < -0.39 is 5.97 Å². The Hall–Kier alpha value is -3.91. The molecule has 2 aromatic heterocycles. The Morgan fingerprint density at radius 2 is 1.77 bits per heavy atom. The van der Waals surface area contributed by atoms with Crippen molar-refractivity contribution in [3.05, 3.63) is 66.0 Å². The number of fused-ring (bicyclic) bond motifs is 1. The number of nitrogens with zero attached hydrogens (tertiary/aromatic N) is 5. The summed E-state index contributed by atoms with van der Waals surface area (Å²) in [7, 11) is 3.76. The number of esters is 1. The van der Waals surface area contributed by atoms with Crippen molar-refractivity contribution in [3.8, 4) is 16.8 Å². The van der Waals surface area contributed by atoms with Crippen LogP contribution in [0.25, 0.3) is 27.8 Å². The van der Waals surface area contributed by atoms with Crippen molar-refractivity contribution in [2.24, 2.45) is 0 Å². The highest BCUT2D eigenvalue weighted by Gasteiger charge is 2.24. The average Bonchev–Trinajstić information content (AvgIpc) is 3.65. The van der Waals surface area contributed by atoms with E-state index >= 15 is 0 Å². The highest BCUT2D eigenvalue weighted by atomic mass is 16.5. The Labute approximate surface area is 236 Å². The van der Waals surface area contributed by atoms with Gasteiger partial charge in [-0.3, -0.25) is 0 Å². The largest absolute Gasteiger partial charge is 0.461 e. The number of pyridine rings is 1. The summed E-state index contributed by atoms with van der Waals surface area (Å²) in [5, 5.41) is 6.05. The number of ether oxygens (including phenoxy) is 2. The molecule has 3 heterocycles. The number of carbonyl (C=O) groups is 1. The smallest absolute Gasteiger partial charge is 0.357 e. The fourth-order valence-corrected chi connectivity index (χ4v) is 5.31. The predicted molar refractivity (Wildman–Crippen MR) is 161 cm³/mol. The van der Waals surface area contributed by atoms with Crippen LogP contribution in [-0.4, -0.2) is 67.7 Å². The standard InChI is InChI=1S/C32H39N5O3/c1-6-40-32(38)28-21-27(23-12-14-24(15-13-23)35(4)18-19-39-5)29-30(22(2)3)34-37(31(29)33-28)26-11-9-10-25(20-26)36-16-7-8-17-36/h9-15,20-22H,6-8,16-19H2,1-5H3. The Kier molecular flexibility index (Phi) is 8.35. The second kappa shape index (κ2) is 12.1. The van der Waals surface area contributed by atoms with Crippen LogP contribution in [0.1, 0.15) is 55.7 Å². The van der Waals surface area contributed by atoms with Crippen molar-refractivity contribution in [2.75, 3.05) is 56.8 Å². The molecule has 0 radical (unpaired) electrons. The van der Waals surface area contributed by atoms with Crippen LogP contribution in [0.4, 0.5) is 11.4 Å². The van der Waals surface area contributed by atoms with E-state index in [0.29, 0.717) is 12.3 Å². The van der Waals surface area contributed by atoms with Gasteiger partial charge in [0.25, 0.3) is 0 Å². The molecule has 1 saturated heterocycles. The van der Waals surface area contributed by atoms with Crippen molar-refractivity contribution in [1.82, 2.24) is 14.8 Å². The molecule has 0 unspecified atom stereocenters. The summed E-state index contributed by atoms with van der Waals surface area (Å²) in [6, 6.07) is 18.7. The summed E-state index contributed by atoms with van der Waals surface area (Å²) < 4.78 is 12.5. The fourth-order valence-electron chi connectivity index (χ4n) is 5.31. The summed E-state index contributed by atoms with van der Waals surface area (Å²) in [6.07, 6.45) is 2.42. The van der Waals surface area contributed by atoms with Gasteiger partial charge in [0, 0.05) is 45.2 Å². The van der Waals surface area contributed by atoms with Gasteiger partial charge in [0.1, 0.15) is 0 Å². The van der Waals surface area contributed by atoms with Crippen molar-refractivity contribution >= 4 is 28.4 Å². The maximum absolute atomic E-state index is 13.0. The zero-order chi connectivity index (χ0) is 28.2. The molecule has 0 saturated carbocycles. The third-order valence-corrected chi connectivity index (χ3v) is 7.49. The van der Waals surface area contributed by atoms with Gasteiger partial charge < -0.3 is 19.3 Å². The van der Waals surface area contributed by atoms with Crippen molar-refractivity contribution < 1.29 is 14.3 Å². The van der Waals surface area contributed by atoms with E-state index in [1.54, 1.807) is 14.0 Å². The van der Waals surface area contributed by atoms with Crippen LogP contribution in [0.2, 0.25) is 0 Å². The summed E-state index contributed by atoms with van der Waals surface area (Å²) in [5.41, 5.74) is 6.99. The van der Waals surface area contributed by atoms with Crippen molar-refractivity contribution in [1.29, 1.82) is 0 Å². The molecule has 4 aromatic rings. The van der Waals surface area contributed by atoms with Gasteiger partial charge in [0.05, 0.1) is 30.0 Å². The molecule has 1 aliphatic heterocycles. The topological polar surface area (TPSA) is 72.7 Å². The lowest BCUT2D eigenvalue weighted by atomic mass is 9.97. The number of benzene rings is 2. The molecule has 1 fully saturated rings. The molecule has 8 heteroatoms. The first-order chi connectivity index (χ1) is 19.4. The molecule has 0 spiro atoms. The molecule has 8 nitrogen and oxygen atoms in total. The third-order valence-electron chi connectivity index (χ3n) is 7.49. The van der Waals surface area contributed by atoms with Crippen molar-refractivity contribution in [3.63, 3.8) is 0 Å². The van der Waals surface area contributed by atoms with E-state index in [1.165, 1.54) is 18.5 Å². The van der Waals surface area contributed by atoms with Crippen LogP contribution in [0, 0.1) is 0 Å². The molecule has 0 aliphatic carbocycles. The van der Waals surface area contributed by atoms with Gasteiger partial charge in [-0.1, -0.05) is 32.0 Å². The molecular weight excluding hydrogens is 502 g/mol. The molecule has 2 aromatic carbocycles. The van der Waals surface area contributed by atoms with Crippen LogP contribution >= 0.6 is 0 Å². The van der Waals surface area contributed by atoms with Gasteiger partial charge in [0.15, 0.2) is 11.3 Å². The van der Waals surface area contributed by atoms with Crippen LogP contribution < -0.4 is 9.80 Å². The van der Waals surface area contributed by atoms with Gasteiger partial charge in [-0.15, -0.1) is 0 Å². The predicted octanol–water partition coefficient (Wildman–Crippen LogP) is 6.07. The van der Waals surface area contributed by atoms with E-state index in [2.05, 4.69) is 79.2 Å². The van der Waals surface area contributed by atoms with Gasteiger partial charge in [-0.05, 0) is 73.2 Å². The molecule has 0 amide bonds. The number of hydrogen-bond donors (Lipinski definition) is 0. The normalized spacial score (nSPS) is 13.4. The summed E-state index contributed by atoms with van der Waals surface area (Å²) in [6.45, 7) is 9.95. The highest BCUT2D eigenvalue weighted by Crippen LogP contribution is 2.36. The fraction of sp³-hybridized carbons (Fsp3) is 0.406. The lowest BCUT2D eigenvalue weighted by molar-refractivity contribution is 0.0520. The zero-order valence-corrected chi connectivity index (χ0v) is 24.2. The molecule has 0 N–H and O–H groups in total. The SMILES string of the molecule is CCOC(=O)c1cc(-c2ccc(N(C)CCOC)cc2)c2c(C(C)C)nn(-c3cccc(N4CCCC4)c3)c2n1. The molecule has 1 aliphatic rings. The molecule has 210 valence electrons. The summed E-state index contributed by atoms with van der Waals surface area (Å²) in [5.74, 6) is -0.287. The minimum absolute atomic E-state index is 0.152. The van der Waals surface area contributed by atoms with Gasteiger partial charge in [-0.25, -0.2) is 14.5 Å². The van der Waals surface area contributed by atoms with E-state index in [4.69, 9.17) is 19.6 Å². The van der Waals surface area contributed by atoms with Gasteiger partial charge >= 0.3 is 5.97 Å².